The Hall–Kier alpha value is -0.490. The van der Waals surface area contributed by atoms with Crippen LogP contribution in [0.25, 0.3) is 0 Å². The van der Waals surface area contributed by atoms with Crippen LogP contribution in [0.1, 0.15) is 36.5 Å². The van der Waals surface area contributed by atoms with Gasteiger partial charge in [0.15, 0.2) is 0 Å². The molecule has 2 rings (SSSR count). The van der Waals surface area contributed by atoms with Crippen LogP contribution in [0.15, 0.2) is 17.0 Å². The van der Waals surface area contributed by atoms with Gasteiger partial charge in [-0.15, -0.1) is 0 Å². The average Bonchev–Trinajstić information content (AvgIpc) is 2.28. The molecule has 4 nitrogen and oxygen atoms in total. The zero-order valence-corrected chi connectivity index (χ0v) is 14.3. The van der Waals surface area contributed by atoms with Gasteiger partial charge in [0, 0.05) is 22.3 Å². The van der Waals surface area contributed by atoms with Crippen LogP contribution in [0.4, 0.5) is 0 Å². The Balaban J connectivity index is 2.27. The maximum absolute atomic E-state index is 12.2. The maximum atomic E-state index is 12.2. The van der Waals surface area contributed by atoms with Crippen LogP contribution in [-0.4, -0.2) is 20.4 Å². The zero-order chi connectivity index (χ0) is 15.8. The Morgan fingerprint density at radius 1 is 1.33 bits per heavy atom. The number of amides is 1. The minimum Gasteiger partial charge on any atom is -0.349 e. The minimum atomic E-state index is -4.07. The quantitative estimate of drug-likeness (QED) is 0.819. The summed E-state index contributed by atoms with van der Waals surface area (Å²) < 4.78 is 22.9. The van der Waals surface area contributed by atoms with Crippen molar-refractivity contribution in [3.8, 4) is 0 Å². The van der Waals surface area contributed by atoms with Crippen LogP contribution in [0, 0.1) is 5.92 Å². The molecule has 1 aromatic carbocycles. The van der Waals surface area contributed by atoms with Gasteiger partial charge in [-0.05, 0) is 37.8 Å². The molecule has 0 aromatic heterocycles. The number of rotatable bonds is 4. The molecule has 0 bridgehead atoms. The summed E-state index contributed by atoms with van der Waals surface area (Å²) in [5, 5.41) is 2.63. The number of benzene rings is 1. The molecule has 0 aliphatic heterocycles. The monoisotopic (exact) mass is 369 g/mol. The van der Waals surface area contributed by atoms with E-state index < -0.39 is 15.0 Å². The van der Waals surface area contributed by atoms with Crippen molar-refractivity contribution in [2.24, 2.45) is 5.92 Å². The van der Waals surface area contributed by atoms with Gasteiger partial charge >= 0.3 is 0 Å². The van der Waals surface area contributed by atoms with Crippen molar-refractivity contribution in [1.82, 2.24) is 5.32 Å². The van der Waals surface area contributed by atoms with E-state index in [9.17, 15) is 13.2 Å². The van der Waals surface area contributed by atoms with E-state index in [4.69, 9.17) is 33.9 Å². The summed E-state index contributed by atoms with van der Waals surface area (Å²) in [6, 6.07) is 2.49. The van der Waals surface area contributed by atoms with E-state index in [0.29, 0.717) is 5.92 Å². The second kappa shape index (κ2) is 6.32. The van der Waals surface area contributed by atoms with Crippen molar-refractivity contribution in [1.29, 1.82) is 0 Å². The van der Waals surface area contributed by atoms with Gasteiger partial charge in [-0.25, -0.2) is 8.42 Å². The van der Waals surface area contributed by atoms with E-state index >= 15 is 0 Å². The molecular formula is C13H14Cl3NO3S. The van der Waals surface area contributed by atoms with Crippen molar-refractivity contribution in [3.05, 3.63) is 27.7 Å². The first-order valence-electron chi connectivity index (χ1n) is 6.44. The lowest BCUT2D eigenvalue weighted by molar-refractivity contribution is 0.0909. The topological polar surface area (TPSA) is 63.2 Å². The Labute approximate surface area is 138 Å². The van der Waals surface area contributed by atoms with Gasteiger partial charge in [0.1, 0.15) is 4.90 Å². The Morgan fingerprint density at radius 3 is 2.43 bits per heavy atom. The lowest BCUT2D eigenvalue weighted by Crippen LogP contribution is -2.40. The molecule has 21 heavy (non-hydrogen) atoms. The first-order chi connectivity index (χ1) is 9.70. The molecule has 1 aromatic rings. The SMILES string of the molecule is CC(NC(=O)c1cc(Cl)c(Cl)c(S(=O)(=O)Cl)c1)C1CCC1. The lowest BCUT2D eigenvalue weighted by Gasteiger charge is -2.31. The fourth-order valence-electron chi connectivity index (χ4n) is 2.22. The largest absolute Gasteiger partial charge is 0.349 e. The predicted molar refractivity (Wildman–Crippen MR) is 83.8 cm³/mol. The molecule has 1 atom stereocenters. The van der Waals surface area contributed by atoms with E-state index in [1.807, 2.05) is 6.92 Å². The first kappa shape index (κ1) is 16.9. The molecule has 1 amide bonds. The lowest BCUT2D eigenvalue weighted by atomic mass is 9.80. The Morgan fingerprint density at radius 2 is 1.95 bits per heavy atom. The molecular weight excluding hydrogens is 357 g/mol. The van der Waals surface area contributed by atoms with Gasteiger partial charge in [0.25, 0.3) is 15.0 Å². The molecule has 0 radical (unpaired) electrons. The van der Waals surface area contributed by atoms with E-state index in [1.165, 1.54) is 12.5 Å². The highest BCUT2D eigenvalue weighted by atomic mass is 35.7. The highest BCUT2D eigenvalue weighted by Gasteiger charge is 2.26. The van der Waals surface area contributed by atoms with Crippen molar-refractivity contribution >= 4 is 48.8 Å². The second-order valence-corrected chi connectivity index (χ2v) is 8.48. The number of nitrogens with one attached hydrogen (secondary N) is 1. The maximum Gasteiger partial charge on any atom is 0.262 e. The number of hydrogen-bond donors (Lipinski definition) is 1. The Bertz CT molecular complexity index is 671. The molecule has 1 fully saturated rings. The molecule has 116 valence electrons. The summed E-state index contributed by atoms with van der Waals surface area (Å²) in [6.45, 7) is 1.93. The summed E-state index contributed by atoms with van der Waals surface area (Å²) in [7, 11) is 1.22. The normalized spacial score (nSPS) is 17.1. The number of halogens is 3. The van der Waals surface area contributed by atoms with E-state index in [0.717, 1.165) is 18.9 Å². The molecule has 1 aliphatic rings. The van der Waals surface area contributed by atoms with Crippen LogP contribution in [0.2, 0.25) is 10.0 Å². The van der Waals surface area contributed by atoms with Crippen molar-refractivity contribution < 1.29 is 13.2 Å². The summed E-state index contributed by atoms with van der Waals surface area (Å²) >= 11 is 11.7. The van der Waals surface area contributed by atoms with Crippen LogP contribution >= 0.6 is 33.9 Å². The van der Waals surface area contributed by atoms with E-state index in [-0.39, 0.29) is 26.5 Å². The highest BCUT2D eigenvalue weighted by molar-refractivity contribution is 8.13. The first-order valence-corrected chi connectivity index (χ1v) is 9.51. The molecule has 1 unspecified atom stereocenters. The van der Waals surface area contributed by atoms with Crippen molar-refractivity contribution in [3.63, 3.8) is 0 Å². The third-order valence-corrected chi connectivity index (χ3v) is 6.00. The third kappa shape index (κ3) is 3.83. The van der Waals surface area contributed by atoms with Gasteiger partial charge in [-0.2, -0.15) is 0 Å². The minimum absolute atomic E-state index is 0.0248. The van der Waals surface area contributed by atoms with Crippen LogP contribution in [-0.2, 0) is 9.05 Å². The van der Waals surface area contributed by atoms with Crippen LogP contribution < -0.4 is 5.32 Å². The third-order valence-electron chi connectivity index (χ3n) is 3.74. The molecule has 1 saturated carbocycles. The standard InChI is InChI=1S/C13H14Cl3NO3S/c1-7(8-3-2-4-8)17-13(18)9-5-10(14)12(15)11(6-9)21(16,19)20/h5-8H,2-4H2,1H3,(H,17,18). The van der Waals surface area contributed by atoms with Gasteiger partial charge in [-0.1, -0.05) is 29.6 Å². The number of carbonyl (C=O) groups is 1. The molecule has 0 spiro atoms. The summed E-state index contributed by atoms with van der Waals surface area (Å²) in [6.07, 6.45) is 3.35. The fraction of sp³-hybridized carbons (Fsp3) is 0.462. The van der Waals surface area contributed by atoms with Gasteiger partial charge in [-0.3, -0.25) is 4.79 Å². The highest BCUT2D eigenvalue weighted by Crippen LogP contribution is 2.33. The summed E-state index contributed by atoms with van der Waals surface area (Å²) in [4.78, 5) is 11.8. The summed E-state index contributed by atoms with van der Waals surface area (Å²) in [5.74, 6) is 0.0717. The van der Waals surface area contributed by atoms with Crippen LogP contribution in [0.5, 0.6) is 0 Å². The number of carbonyl (C=O) groups excluding carboxylic acids is 1. The molecule has 1 aliphatic carbocycles. The summed E-state index contributed by atoms with van der Waals surface area (Å²) in [5.41, 5.74) is 0.120. The smallest absolute Gasteiger partial charge is 0.262 e. The average molecular weight is 371 g/mol. The van der Waals surface area contributed by atoms with Gasteiger partial charge < -0.3 is 5.32 Å². The van der Waals surface area contributed by atoms with Gasteiger partial charge in [0.05, 0.1) is 10.0 Å². The molecule has 1 N–H and O–H groups in total. The van der Waals surface area contributed by atoms with E-state index in [2.05, 4.69) is 5.32 Å². The van der Waals surface area contributed by atoms with Crippen molar-refractivity contribution in [2.75, 3.05) is 0 Å². The van der Waals surface area contributed by atoms with Gasteiger partial charge in [0.2, 0.25) is 0 Å². The fourth-order valence-corrected chi connectivity index (χ4v) is 3.98. The molecule has 0 heterocycles. The van der Waals surface area contributed by atoms with Crippen molar-refractivity contribution in [2.45, 2.75) is 37.1 Å². The predicted octanol–water partition coefficient (Wildman–Crippen LogP) is 3.84. The van der Waals surface area contributed by atoms with Crippen LogP contribution in [0.3, 0.4) is 0 Å². The Kier molecular flexibility index (Phi) is 5.08. The molecule has 8 heteroatoms. The number of hydrogen-bond acceptors (Lipinski definition) is 3. The van der Waals surface area contributed by atoms with E-state index in [1.54, 1.807) is 0 Å². The molecule has 0 saturated heterocycles. The second-order valence-electron chi connectivity index (χ2n) is 5.16. The zero-order valence-electron chi connectivity index (χ0n) is 11.2.